The van der Waals surface area contributed by atoms with Crippen LogP contribution in [0.2, 0.25) is 0 Å². The molecule has 0 unspecified atom stereocenters. The van der Waals surface area contributed by atoms with Gasteiger partial charge in [0.15, 0.2) is 0 Å². The molecule has 1 aliphatic rings. The lowest BCUT2D eigenvalue weighted by molar-refractivity contribution is 0.590. The molecule has 1 fully saturated rings. The molecule has 86 valence electrons. The van der Waals surface area contributed by atoms with Gasteiger partial charge in [0.25, 0.3) is 0 Å². The lowest BCUT2D eigenvalue weighted by Crippen LogP contribution is -2.35. The van der Waals surface area contributed by atoms with Crippen LogP contribution >= 0.6 is 0 Å². The highest BCUT2D eigenvalue weighted by atomic mass is 15.6. The van der Waals surface area contributed by atoms with Crippen LogP contribution in [0.3, 0.4) is 0 Å². The van der Waals surface area contributed by atoms with Crippen molar-refractivity contribution in [3.63, 3.8) is 0 Å². The Kier molecular flexibility index (Phi) is 2.99. The third kappa shape index (κ3) is 2.09. The van der Waals surface area contributed by atoms with Gasteiger partial charge in [-0.3, -0.25) is 4.92 Å². The van der Waals surface area contributed by atoms with Crippen LogP contribution in [-0.2, 0) is 0 Å². The monoisotopic (exact) mass is 233 g/mol. The molecule has 3 rings (SSSR count). The van der Waals surface area contributed by atoms with Crippen LogP contribution in [0.25, 0.3) is 0 Å². The molecule has 2 aromatic rings. The number of para-hydroxylation sites is 2. The molecule has 0 spiro atoms. The SMILES string of the molecule is CN1[B]N(c2ccccc2)[B]N1c1ccccc1. The van der Waals surface area contributed by atoms with Gasteiger partial charge < -0.3 is 9.64 Å². The van der Waals surface area contributed by atoms with Crippen molar-refractivity contribution < 1.29 is 0 Å². The Morgan fingerprint density at radius 2 is 1.28 bits per heavy atom. The van der Waals surface area contributed by atoms with E-state index >= 15 is 0 Å². The average Bonchev–Trinajstić information content (AvgIpc) is 2.83. The van der Waals surface area contributed by atoms with Crippen LogP contribution in [0, 0.1) is 0 Å². The predicted octanol–water partition coefficient (Wildman–Crippen LogP) is 1.93. The summed E-state index contributed by atoms with van der Waals surface area (Å²) in [5.74, 6) is 0. The van der Waals surface area contributed by atoms with Gasteiger partial charge in [0.2, 0.25) is 0 Å². The summed E-state index contributed by atoms with van der Waals surface area (Å²) >= 11 is 0. The molecule has 0 aromatic heterocycles. The molecule has 2 aromatic carbocycles. The van der Waals surface area contributed by atoms with Crippen molar-refractivity contribution in [3.8, 4) is 0 Å². The Morgan fingerprint density at radius 3 is 1.89 bits per heavy atom. The summed E-state index contributed by atoms with van der Waals surface area (Å²) in [5, 5.41) is 0. The molecule has 0 saturated carbocycles. The first-order chi connectivity index (χ1) is 8.84. The van der Waals surface area contributed by atoms with E-state index in [1.54, 1.807) is 0 Å². The number of hydrazine groups is 1. The zero-order valence-electron chi connectivity index (χ0n) is 10.3. The van der Waals surface area contributed by atoms with Gasteiger partial charge in [-0.25, -0.2) is 0 Å². The fourth-order valence-corrected chi connectivity index (χ4v) is 2.03. The quantitative estimate of drug-likeness (QED) is 0.733. The van der Waals surface area contributed by atoms with E-state index < -0.39 is 0 Å². The minimum Gasteiger partial charge on any atom is -0.433 e. The van der Waals surface area contributed by atoms with Crippen LogP contribution in [0.5, 0.6) is 0 Å². The summed E-state index contributed by atoms with van der Waals surface area (Å²) < 4.78 is 2.10. The van der Waals surface area contributed by atoms with Gasteiger partial charge in [-0.1, -0.05) is 36.4 Å². The van der Waals surface area contributed by atoms with Gasteiger partial charge in [0.1, 0.15) is 0 Å². The van der Waals surface area contributed by atoms with E-state index in [2.05, 4.69) is 53.9 Å². The topological polar surface area (TPSA) is 9.72 Å². The molecule has 0 aliphatic carbocycles. The van der Waals surface area contributed by atoms with Crippen molar-refractivity contribution in [1.82, 2.24) is 4.92 Å². The van der Waals surface area contributed by atoms with Crippen LogP contribution in [0.4, 0.5) is 11.4 Å². The van der Waals surface area contributed by atoms with Crippen LogP contribution < -0.4 is 9.64 Å². The number of hydrogen-bond donors (Lipinski definition) is 0. The smallest absolute Gasteiger partial charge is 0.393 e. The van der Waals surface area contributed by atoms with Crippen molar-refractivity contribution in [2.24, 2.45) is 0 Å². The van der Waals surface area contributed by atoms with Crippen LogP contribution in [0.15, 0.2) is 60.7 Å². The first-order valence-electron chi connectivity index (χ1n) is 5.95. The van der Waals surface area contributed by atoms with E-state index in [9.17, 15) is 0 Å². The number of anilines is 2. The zero-order valence-corrected chi connectivity index (χ0v) is 10.3. The molecule has 0 N–H and O–H groups in total. The molecular formula is C13H13B2N3. The molecular weight excluding hydrogens is 220 g/mol. The van der Waals surface area contributed by atoms with E-state index in [1.807, 2.05) is 43.4 Å². The number of nitrogens with zero attached hydrogens (tertiary/aromatic N) is 3. The predicted molar refractivity (Wildman–Crippen MR) is 77.1 cm³/mol. The highest BCUT2D eigenvalue weighted by Gasteiger charge is 2.30. The maximum atomic E-state index is 2.10. The fraction of sp³-hybridized carbons (Fsp3) is 0.0769. The molecule has 5 heteroatoms. The number of hydrogen-bond acceptors (Lipinski definition) is 3. The zero-order chi connectivity index (χ0) is 12.4. The first-order valence-corrected chi connectivity index (χ1v) is 5.95. The molecule has 1 aliphatic heterocycles. The molecule has 2 radical (unpaired) electrons. The number of benzene rings is 2. The highest BCUT2D eigenvalue weighted by molar-refractivity contribution is 6.69. The van der Waals surface area contributed by atoms with Crippen molar-refractivity contribution in [2.45, 2.75) is 0 Å². The molecule has 0 amide bonds. The third-order valence-corrected chi connectivity index (χ3v) is 2.94. The van der Waals surface area contributed by atoms with Crippen molar-refractivity contribution in [1.29, 1.82) is 0 Å². The average molecular weight is 233 g/mol. The standard InChI is InChI=1S/C13H13B2N3/c1-16-14-17(12-8-4-2-5-9-12)15-18(16)13-10-6-3-7-11-13/h2-11H,1H3. The van der Waals surface area contributed by atoms with E-state index in [4.69, 9.17) is 0 Å². The summed E-state index contributed by atoms with van der Waals surface area (Å²) in [5.41, 5.74) is 2.30. The molecule has 1 heterocycles. The minimum absolute atomic E-state index is 1.15. The van der Waals surface area contributed by atoms with Gasteiger partial charge in [-0.2, -0.15) is 0 Å². The van der Waals surface area contributed by atoms with Crippen molar-refractivity contribution in [2.75, 3.05) is 16.7 Å². The second-order valence-electron chi connectivity index (χ2n) is 4.23. The summed E-state index contributed by atoms with van der Waals surface area (Å²) in [6, 6.07) is 20.6. The summed E-state index contributed by atoms with van der Waals surface area (Å²) in [6.07, 6.45) is 0. The van der Waals surface area contributed by atoms with Gasteiger partial charge in [0, 0.05) is 11.4 Å². The van der Waals surface area contributed by atoms with Crippen LogP contribution in [-0.4, -0.2) is 27.1 Å². The molecule has 3 nitrogen and oxygen atoms in total. The van der Waals surface area contributed by atoms with Gasteiger partial charge in [-0.15, -0.1) is 0 Å². The third-order valence-electron chi connectivity index (χ3n) is 2.94. The Bertz CT molecular complexity index is 506. The molecule has 18 heavy (non-hydrogen) atoms. The molecule has 0 bridgehead atoms. The summed E-state index contributed by atoms with van der Waals surface area (Å²) in [6.45, 7) is 0. The highest BCUT2D eigenvalue weighted by Crippen LogP contribution is 2.22. The maximum absolute atomic E-state index is 2.10. The van der Waals surface area contributed by atoms with Crippen molar-refractivity contribution >= 4 is 26.5 Å². The van der Waals surface area contributed by atoms with Gasteiger partial charge in [0.05, 0.1) is 0 Å². The van der Waals surface area contributed by atoms with Crippen molar-refractivity contribution in [3.05, 3.63) is 60.7 Å². The molecule has 0 atom stereocenters. The van der Waals surface area contributed by atoms with E-state index in [1.165, 1.54) is 0 Å². The minimum atomic E-state index is 1.15. The second-order valence-corrected chi connectivity index (χ2v) is 4.23. The first kappa shape index (κ1) is 11.2. The van der Waals surface area contributed by atoms with E-state index in [0.29, 0.717) is 0 Å². The Morgan fingerprint density at radius 1 is 0.722 bits per heavy atom. The largest absolute Gasteiger partial charge is 0.433 e. The summed E-state index contributed by atoms with van der Waals surface area (Å²) in [7, 11) is 6.17. The Balaban J connectivity index is 1.81. The molecule has 1 saturated heterocycles. The maximum Gasteiger partial charge on any atom is 0.393 e. The Labute approximate surface area is 109 Å². The van der Waals surface area contributed by atoms with Gasteiger partial charge in [-0.05, 0) is 31.3 Å². The van der Waals surface area contributed by atoms with Crippen LogP contribution in [0.1, 0.15) is 0 Å². The van der Waals surface area contributed by atoms with E-state index in [-0.39, 0.29) is 0 Å². The fourth-order valence-electron chi connectivity index (χ4n) is 2.03. The number of rotatable bonds is 2. The van der Waals surface area contributed by atoms with Gasteiger partial charge >= 0.3 is 15.1 Å². The normalized spacial score (nSPS) is 15.4. The Hall–Kier alpha value is -1.87. The summed E-state index contributed by atoms with van der Waals surface area (Å²) in [4.78, 5) is 4.16. The lowest BCUT2D eigenvalue weighted by Gasteiger charge is -2.24. The lowest BCUT2D eigenvalue weighted by atomic mass is 9.96. The second kappa shape index (κ2) is 4.78. The van der Waals surface area contributed by atoms with E-state index in [0.717, 1.165) is 11.4 Å².